The van der Waals surface area contributed by atoms with Gasteiger partial charge in [0, 0.05) is 0 Å². The van der Waals surface area contributed by atoms with Crippen LogP contribution in [0.4, 0.5) is 0 Å². The van der Waals surface area contributed by atoms with Gasteiger partial charge in [0.15, 0.2) is 0 Å². The largest absolute Gasteiger partial charge is 0.463 e. The van der Waals surface area contributed by atoms with Crippen molar-refractivity contribution in [3.05, 3.63) is 12.2 Å². The number of carbonyl (C=O) groups excluding carboxylic acids is 2. The fourth-order valence-corrected chi connectivity index (χ4v) is 3.61. The van der Waals surface area contributed by atoms with Gasteiger partial charge in [-0.2, -0.15) is 0 Å². The standard InChI is InChI=1S/C17H26O4/c1-11(2)20-15(18)13-7-5-9-17(10-6-8-14(13)17)16(19)21-12(3)4/h6,10-14H,5,7-9H2,1-4H3/t13-,14+,17-/m1/s1. The third-order valence-electron chi connectivity index (χ3n) is 4.44. The molecule has 4 heteroatoms. The lowest BCUT2D eigenvalue weighted by atomic mass is 9.63. The maximum Gasteiger partial charge on any atom is 0.316 e. The Hall–Kier alpha value is -1.32. The molecule has 118 valence electrons. The number of rotatable bonds is 4. The van der Waals surface area contributed by atoms with Crippen molar-refractivity contribution in [3.63, 3.8) is 0 Å². The van der Waals surface area contributed by atoms with Crippen molar-refractivity contribution in [3.8, 4) is 0 Å². The number of hydrogen-bond acceptors (Lipinski definition) is 4. The molecule has 0 unspecified atom stereocenters. The summed E-state index contributed by atoms with van der Waals surface area (Å²) in [5, 5.41) is 0. The summed E-state index contributed by atoms with van der Waals surface area (Å²) in [5.41, 5.74) is -0.622. The van der Waals surface area contributed by atoms with Crippen LogP contribution >= 0.6 is 0 Å². The lowest BCUT2D eigenvalue weighted by Crippen LogP contribution is -2.46. The molecule has 2 aliphatic rings. The van der Waals surface area contributed by atoms with Gasteiger partial charge in [-0.05, 0) is 52.9 Å². The summed E-state index contributed by atoms with van der Waals surface area (Å²) in [6, 6.07) is 0. The van der Waals surface area contributed by atoms with Crippen LogP contribution < -0.4 is 0 Å². The average molecular weight is 294 g/mol. The van der Waals surface area contributed by atoms with Crippen LogP contribution in [0.15, 0.2) is 12.2 Å². The molecule has 0 spiro atoms. The van der Waals surface area contributed by atoms with E-state index in [-0.39, 0.29) is 36.0 Å². The molecule has 0 aromatic heterocycles. The fourth-order valence-electron chi connectivity index (χ4n) is 3.61. The van der Waals surface area contributed by atoms with Crippen molar-refractivity contribution in [2.45, 2.75) is 65.6 Å². The van der Waals surface area contributed by atoms with Crippen molar-refractivity contribution in [2.24, 2.45) is 17.3 Å². The van der Waals surface area contributed by atoms with Gasteiger partial charge in [-0.25, -0.2) is 0 Å². The van der Waals surface area contributed by atoms with E-state index in [1.54, 1.807) is 0 Å². The second-order valence-electron chi connectivity index (χ2n) is 6.72. The number of hydrogen-bond donors (Lipinski definition) is 0. The molecular weight excluding hydrogens is 268 g/mol. The minimum absolute atomic E-state index is 0.0104. The minimum atomic E-state index is -0.622. The van der Waals surface area contributed by atoms with Crippen molar-refractivity contribution < 1.29 is 19.1 Å². The Balaban J connectivity index is 2.19. The lowest BCUT2D eigenvalue weighted by molar-refractivity contribution is -0.168. The van der Waals surface area contributed by atoms with Crippen molar-refractivity contribution in [1.82, 2.24) is 0 Å². The van der Waals surface area contributed by atoms with Gasteiger partial charge in [0.1, 0.15) is 0 Å². The van der Waals surface area contributed by atoms with Crippen LogP contribution in [0.2, 0.25) is 0 Å². The number of esters is 2. The molecule has 4 nitrogen and oxygen atoms in total. The van der Waals surface area contributed by atoms with Crippen LogP contribution in [0.3, 0.4) is 0 Å². The van der Waals surface area contributed by atoms with E-state index in [1.165, 1.54) is 0 Å². The van der Waals surface area contributed by atoms with Gasteiger partial charge in [-0.3, -0.25) is 9.59 Å². The van der Waals surface area contributed by atoms with E-state index in [4.69, 9.17) is 9.47 Å². The van der Waals surface area contributed by atoms with Crippen molar-refractivity contribution in [2.75, 3.05) is 0 Å². The van der Waals surface area contributed by atoms with E-state index in [2.05, 4.69) is 0 Å². The molecule has 0 bridgehead atoms. The highest BCUT2D eigenvalue weighted by Gasteiger charge is 2.54. The van der Waals surface area contributed by atoms with E-state index >= 15 is 0 Å². The smallest absolute Gasteiger partial charge is 0.316 e. The summed E-state index contributed by atoms with van der Waals surface area (Å²) in [6.45, 7) is 7.42. The maximum absolute atomic E-state index is 12.6. The first-order valence-corrected chi connectivity index (χ1v) is 7.96. The van der Waals surface area contributed by atoms with Gasteiger partial charge >= 0.3 is 11.9 Å². The van der Waals surface area contributed by atoms with E-state index in [1.807, 2.05) is 39.8 Å². The molecule has 0 radical (unpaired) electrons. The third-order valence-corrected chi connectivity index (χ3v) is 4.44. The second kappa shape index (κ2) is 6.20. The van der Waals surface area contributed by atoms with Gasteiger partial charge in [0.2, 0.25) is 0 Å². The van der Waals surface area contributed by atoms with E-state index < -0.39 is 5.41 Å². The van der Waals surface area contributed by atoms with Crippen LogP contribution in [0.25, 0.3) is 0 Å². The first-order valence-electron chi connectivity index (χ1n) is 7.96. The Kier molecular flexibility index (Phi) is 4.74. The van der Waals surface area contributed by atoms with Gasteiger partial charge in [0.25, 0.3) is 0 Å². The highest BCUT2D eigenvalue weighted by molar-refractivity contribution is 5.83. The topological polar surface area (TPSA) is 52.6 Å². The third kappa shape index (κ3) is 3.14. The van der Waals surface area contributed by atoms with E-state index in [0.29, 0.717) is 0 Å². The van der Waals surface area contributed by atoms with Gasteiger partial charge in [-0.15, -0.1) is 0 Å². The maximum atomic E-state index is 12.6. The zero-order valence-corrected chi connectivity index (χ0v) is 13.4. The van der Waals surface area contributed by atoms with E-state index in [0.717, 1.165) is 25.7 Å². The predicted octanol–water partition coefficient (Wildman–Crippen LogP) is 3.25. The Labute approximate surface area is 126 Å². The van der Waals surface area contributed by atoms with Crippen LogP contribution in [0.1, 0.15) is 53.4 Å². The predicted molar refractivity (Wildman–Crippen MR) is 79.5 cm³/mol. The van der Waals surface area contributed by atoms with Crippen LogP contribution in [-0.4, -0.2) is 24.1 Å². The monoisotopic (exact) mass is 294 g/mol. The molecule has 1 fully saturated rings. The molecule has 0 saturated heterocycles. The number of fused-ring (bicyclic) bond motifs is 1. The van der Waals surface area contributed by atoms with Gasteiger partial charge in [-0.1, -0.05) is 18.6 Å². The molecule has 0 heterocycles. The lowest BCUT2D eigenvalue weighted by Gasteiger charge is -2.41. The molecule has 1 saturated carbocycles. The Bertz CT molecular complexity index is 438. The highest BCUT2D eigenvalue weighted by Crippen LogP contribution is 2.52. The number of allylic oxidation sites excluding steroid dienone is 1. The zero-order chi connectivity index (χ0) is 15.6. The summed E-state index contributed by atoms with van der Waals surface area (Å²) in [7, 11) is 0. The number of carbonyl (C=O) groups is 2. The summed E-state index contributed by atoms with van der Waals surface area (Å²) >= 11 is 0. The molecule has 0 aromatic rings. The summed E-state index contributed by atoms with van der Waals surface area (Å²) in [4.78, 5) is 24.9. The van der Waals surface area contributed by atoms with Crippen molar-refractivity contribution >= 4 is 11.9 Å². The summed E-state index contributed by atoms with van der Waals surface area (Å²) in [5.74, 6) is -0.557. The van der Waals surface area contributed by atoms with E-state index in [9.17, 15) is 9.59 Å². The van der Waals surface area contributed by atoms with Crippen molar-refractivity contribution in [1.29, 1.82) is 0 Å². The SMILES string of the molecule is CC(C)OC(=O)[C@@H]1CCC[C@@]2(C(=O)OC(C)C)C=CC[C@@H]12. The van der Waals surface area contributed by atoms with Crippen LogP contribution in [0.5, 0.6) is 0 Å². The summed E-state index contributed by atoms with van der Waals surface area (Å²) < 4.78 is 10.8. The Morgan fingerprint density at radius 3 is 2.43 bits per heavy atom. The molecule has 2 rings (SSSR count). The number of ether oxygens (including phenoxy) is 2. The molecule has 0 aliphatic heterocycles. The molecule has 2 aliphatic carbocycles. The molecule has 21 heavy (non-hydrogen) atoms. The Morgan fingerprint density at radius 1 is 1.14 bits per heavy atom. The minimum Gasteiger partial charge on any atom is -0.463 e. The van der Waals surface area contributed by atoms with Crippen LogP contribution in [0, 0.1) is 17.3 Å². The quantitative estimate of drug-likeness (QED) is 0.590. The van der Waals surface area contributed by atoms with Crippen LogP contribution in [-0.2, 0) is 19.1 Å². The van der Waals surface area contributed by atoms with Gasteiger partial charge in [0.05, 0.1) is 23.5 Å². The average Bonchev–Trinajstić information content (AvgIpc) is 2.81. The first-order chi connectivity index (χ1) is 9.86. The Morgan fingerprint density at radius 2 is 1.81 bits per heavy atom. The molecule has 0 aromatic carbocycles. The highest BCUT2D eigenvalue weighted by atomic mass is 16.5. The molecule has 0 N–H and O–H groups in total. The zero-order valence-electron chi connectivity index (χ0n) is 13.4. The van der Waals surface area contributed by atoms with Gasteiger partial charge < -0.3 is 9.47 Å². The summed E-state index contributed by atoms with van der Waals surface area (Å²) in [6.07, 6.45) is 6.91. The second-order valence-corrected chi connectivity index (χ2v) is 6.72. The molecular formula is C17H26O4. The fraction of sp³-hybridized carbons (Fsp3) is 0.765. The normalized spacial score (nSPS) is 31.3. The first kappa shape index (κ1) is 16.1. The molecule has 3 atom stereocenters. The molecule has 0 amide bonds.